The number of hydrogen-bond acceptors (Lipinski definition) is 5. The highest BCUT2D eigenvalue weighted by Gasteiger charge is 2.49. The summed E-state index contributed by atoms with van der Waals surface area (Å²) in [5.74, 6) is -1.48. The highest BCUT2D eigenvalue weighted by Crippen LogP contribution is 2.35. The number of nitrogens with zero attached hydrogens (tertiary/aromatic N) is 1. The van der Waals surface area contributed by atoms with Gasteiger partial charge in [-0.2, -0.15) is 0 Å². The summed E-state index contributed by atoms with van der Waals surface area (Å²) in [7, 11) is 0. The third-order valence-electron chi connectivity index (χ3n) is 6.04. The monoisotopic (exact) mass is 388 g/mol. The van der Waals surface area contributed by atoms with Crippen LogP contribution in [0.5, 0.6) is 0 Å². The van der Waals surface area contributed by atoms with E-state index in [4.69, 9.17) is 0 Å². The predicted molar refractivity (Wildman–Crippen MR) is 99.7 cm³/mol. The van der Waals surface area contributed by atoms with Gasteiger partial charge in [-0.1, -0.05) is 30.3 Å². The predicted octanol–water partition coefficient (Wildman–Crippen LogP) is 0.775. The normalized spacial score (nSPS) is 32.2. The van der Waals surface area contributed by atoms with Crippen molar-refractivity contribution < 1.29 is 18.8 Å². The van der Waals surface area contributed by atoms with Crippen molar-refractivity contribution in [2.45, 2.75) is 44.1 Å². The highest BCUT2D eigenvalue weighted by atomic mass is 19.1. The Hall–Kier alpha value is -2.32. The number of Topliss-reactive ketones (excluding diaryl/α,β-unsaturated/α-hetero) is 1. The summed E-state index contributed by atoms with van der Waals surface area (Å²) in [6.45, 7) is 0.132. The molecule has 0 aromatic heterocycles. The molecule has 2 aliphatic heterocycles. The lowest BCUT2D eigenvalue weighted by Gasteiger charge is -2.34. The number of hydrogen-bond donors (Lipinski definition) is 3. The Labute approximate surface area is 163 Å². The van der Waals surface area contributed by atoms with Crippen molar-refractivity contribution in [3.63, 3.8) is 0 Å². The smallest absolute Gasteiger partial charge is 0.225 e. The van der Waals surface area contributed by atoms with E-state index in [0.717, 1.165) is 12.8 Å². The van der Waals surface area contributed by atoms with E-state index in [9.17, 15) is 18.8 Å². The van der Waals surface area contributed by atoms with Crippen LogP contribution in [0.25, 0.3) is 0 Å². The van der Waals surface area contributed by atoms with Crippen LogP contribution < -0.4 is 16.2 Å². The van der Waals surface area contributed by atoms with Crippen molar-refractivity contribution in [2.75, 3.05) is 13.1 Å². The molecule has 2 saturated heterocycles. The number of benzene rings is 1. The fourth-order valence-electron chi connectivity index (χ4n) is 4.54. The number of hydrazine groups is 1. The van der Waals surface area contributed by atoms with Crippen molar-refractivity contribution in [2.24, 2.45) is 11.8 Å². The molecular weight excluding hydrogens is 363 g/mol. The second-order valence-corrected chi connectivity index (χ2v) is 7.82. The maximum Gasteiger partial charge on any atom is 0.225 e. The van der Waals surface area contributed by atoms with Gasteiger partial charge in [0.15, 0.2) is 5.78 Å². The van der Waals surface area contributed by atoms with Crippen LogP contribution in [0, 0.1) is 11.8 Å². The van der Waals surface area contributed by atoms with Crippen molar-refractivity contribution in [3.8, 4) is 0 Å². The molecule has 4 rings (SSSR count). The van der Waals surface area contributed by atoms with Crippen LogP contribution in [0.1, 0.15) is 36.0 Å². The summed E-state index contributed by atoms with van der Waals surface area (Å²) in [4.78, 5) is 38.7. The number of halogens is 1. The molecule has 28 heavy (non-hydrogen) atoms. The Balaban J connectivity index is 1.34. The lowest BCUT2D eigenvalue weighted by atomic mass is 9.82. The molecule has 0 spiro atoms. The fourth-order valence-corrected chi connectivity index (χ4v) is 4.54. The molecule has 0 bridgehead atoms. The first-order chi connectivity index (χ1) is 13.5. The molecule has 2 amide bonds. The zero-order chi connectivity index (χ0) is 19.7. The van der Waals surface area contributed by atoms with E-state index in [0.29, 0.717) is 12.0 Å². The minimum atomic E-state index is -0.963. The van der Waals surface area contributed by atoms with Gasteiger partial charge in [0.2, 0.25) is 11.8 Å². The SMILES string of the molecule is O=C(CNC(=O)C1CC(=O)N(C2NNC3CCCC(F)C32)C1)c1ccccc1. The van der Waals surface area contributed by atoms with Crippen LogP contribution in [0.3, 0.4) is 0 Å². The summed E-state index contributed by atoms with van der Waals surface area (Å²) in [5, 5.41) is 2.64. The molecule has 3 aliphatic rings. The summed E-state index contributed by atoms with van der Waals surface area (Å²) < 4.78 is 14.5. The quantitative estimate of drug-likeness (QED) is 0.649. The van der Waals surface area contributed by atoms with E-state index in [1.807, 2.05) is 6.07 Å². The number of nitrogens with one attached hydrogen (secondary N) is 3. The summed E-state index contributed by atoms with van der Waals surface area (Å²) in [5.41, 5.74) is 6.70. The van der Waals surface area contributed by atoms with E-state index < -0.39 is 18.3 Å². The maximum atomic E-state index is 14.5. The van der Waals surface area contributed by atoms with E-state index in [1.54, 1.807) is 29.2 Å². The molecule has 0 radical (unpaired) electrons. The molecule has 1 aromatic rings. The second-order valence-electron chi connectivity index (χ2n) is 7.82. The Morgan fingerprint density at radius 3 is 2.75 bits per heavy atom. The van der Waals surface area contributed by atoms with Gasteiger partial charge in [0.1, 0.15) is 12.3 Å². The molecule has 3 fully saturated rings. The highest BCUT2D eigenvalue weighted by molar-refractivity contribution is 6.00. The van der Waals surface area contributed by atoms with Gasteiger partial charge in [0.05, 0.1) is 12.5 Å². The topological polar surface area (TPSA) is 90.5 Å². The minimum absolute atomic E-state index is 0.0120. The first-order valence-electron chi connectivity index (χ1n) is 9.85. The molecule has 8 heteroatoms. The first-order valence-corrected chi connectivity index (χ1v) is 9.85. The van der Waals surface area contributed by atoms with Gasteiger partial charge in [-0.25, -0.2) is 9.82 Å². The largest absolute Gasteiger partial charge is 0.348 e. The molecule has 1 aliphatic carbocycles. The first kappa shape index (κ1) is 19.0. The molecule has 3 N–H and O–H groups in total. The third-order valence-corrected chi connectivity index (χ3v) is 6.04. The van der Waals surface area contributed by atoms with Crippen LogP contribution in [-0.2, 0) is 9.59 Å². The molecule has 5 atom stereocenters. The number of alkyl halides is 1. The molecule has 7 nitrogen and oxygen atoms in total. The van der Waals surface area contributed by atoms with Crippen LogP contribution >= 0.6 is 0 Å². The number of carbonyl (C=O) groups excluding carboxylic acids is 3. The van der Waals surface area contributed by atoms with Crippen LogP contribution in [0.4, 0.5) is 4.39 Å². The standard InChI is InChI=1S/C20H25FN4O3/c21-14-7-4-8-15-18(14)19(24-23-15)25-11-13(9-17(25)27)20(28)22-10-16(26)12-5-2-1-3-6-12/h1-3,5-6,13-15,18-19,23-24H,4,7-11H2,(H,22,28). The van der Waals surface area contributed by atoms with E-state index in [1.165, 1.54) is 0 Å². The lowest BCUT2D eigenvalue weighted by molar-refractivity contribution is -0.131. The molecule has 5 unspecified atom stereocenters. The molecule has 1 aromatic carbocycles. The Morgan fingerprint density at radius 2 is 1.96 bits per heavy atom. The molecule has 1 saturated carbocycles. The van der Waals surface area contributed by atoms with E-state index >= 15 is 0 Å². The number of rotatable bonds is 5. The molecule has 2 heterocycles. The van der Waals surface area contributed by atoms with Gasteiger partial charge in [-0.15, -0.1) is 0 Å². The number of fused-ring (bicyclic) bond motifs is 1. The van der Waals surface area contributed by atoms with E-state index in [2.05, 4.69) is 16.2 Å². The summed E-state index contributed by atoms with van der Waals surface area (Å²) in [6.07, 6.45) is 0.902. The number of ketones is 1. The van der Waals surface area contributed by atoms with Gasteiger partial charge in [0.25, 0.3) is 0 Å². The van der Waals surface area contributed by atoms with Crippen LogP contribution in [0.2, 0.25) is 0 Å². The zero-order valence-corrected chi connectivity index (χ0v) is 15.6. The van der Waals surface area contributed by atoms with Crippen molar-refractivity contribution >= 4 is 17.6 Å². The van der Waals surface area contributed by atoms with Gasteiger partial charge in [-0.3, -0.25) is 19.8 Å². The Kier molecular flexibility index (Phi) is 5.41. The minimum Gasteiger partial charge on any atom is -0.348 e. The average Bonchev–Trinajstić information content (AvgIpc) is 3.30. The van der Waals surface area contributed by atoms with Crippen molar-refractivity contribution in [3.05, 3.63) is 35.9 Å². The van der Waals surface area contributed by atoms with E-state index in [-0.39, 0.29) is 49.1 Å². The average molecular weight is 388 g/mol. The molecule has 150 valence electrons. The second kappa shape index (κ2) is 7.97. The van der Waals surface area contributed by atoms with Gasteiger partial charge in [0, 0.05) is 30.5 Å². The summed E-state index contributed by atoms with van der Waals surface area (Å²) >= 11 is 0. The van der Waals surface area contributed by atoms with Crippen molar-refractivity contribution in [1.82, 2.24) is 21.1 Å². The lowest BCUT2D eigenvalue weighted by Crippen LogP contribution is -2.51. The number of likely N-dealkylation sites (tertiary alicyclic amines) is 1. The number of amides is 2. The van der Waals surface area contributed by atoms with Crippen molar-refractivity contribution in [1.29, 1.82) is 0 Å². The third kappa shape index (κ3) is 3.66. The molecular formula is C20H25FN4O3. The number of carbonyl (C=O) groups is 3. The zero-order valence-electron chi connectivity index (χ0n) is 15.6. The maximum absolute atomic E-state index is 14.5. The Morgan fingerprint density at radius 1 is 1.18 bits per heavy atom. The van der Waals surface area contributed by atoms with Crippen LogP contribution in [-0.4, -0.2) is 54.0 Å². The van der Waals surface area contributed by atoms with Gasteiger partial charge in [-0.05, 0) is 19.3 Å². The fraction of sp³-hybridized carbons (Fsp3) is 0.550. The van der Waals surface area contributed by atoms with Gasteiger partial charge < -0.3 is 10.2 Å². The van der Waals surface area contributed by atoms with Crippen LogP contribution in [0.15, 0.2) is 30.3 Å². The Bertz CT molecular complexity index is 759. The summed E-state index contributed by atoms with van der Waals surface area (Å²) in [6, 6.07) is 8.75. The van der Waals surface area contributed by atoms with Gasteiger partial charge >= 0.3 is 0 Å².